The molecule has 0 spiro atoms. The summed E-state index contributed by atoms with van der Waals surface area (Å²) in [4.78, 5) is 12.1. The van der Waals surface area contributed by atoms with Crippen LogP contribution >= 0.6 is 0 Å². The van der Waals surface area contributed by atoms with Crippen LogP contribution in [0.3, 0.4) is 0 Å². The average Bonchev–Trinajstić information content (AvgIpc) is 2.48. The fraction of sp³-hybridized carbons (Fsp3) is 0.188. The minimum atomic E-state index is -0.360. The number of hydrogen-bond donors (Lipinski definition) is 1. The summed E-state index contributed by atoms with van der Waals surface area (Å²) >= 11 is 0. The Morgan fingerprint density at radius 3 is 2.55 bits per heavy atom. The maximum absolute atomic E-state index is 13.3. The number of carbonyl (C=O) groups excluding carboxylic acids is 1. The highest BCUT2D eigenvalue weighted by Gasteiger charge is 2.15. The Bertz CT molecular complexity index is 599. The van der Waals surface area contributed by atoms with Gasteiger partial charge in [-0.3, -0.25) is 4.79 Å². The summed E-state index contributed by atoms with van der Waals surface area (Å²) < 4.78 is 18.5. The molecule has 4 heteroatoms. The highest BCUT2D eigenvalue weighted by atomic mass is 19.1. The van der Waals surface area contributed by atoms with Gasteiger partial charge < -0.3 is 10.1 Å². The smallest absolute Gasteiger partial charge is 0.251 e. The first-order valence-corrected chi connectivity index (χ1v) is 6.31. The van der Waals surface area contributed by atoms with Crippen molar-refractivity contribution in [1.29, 1.82) is 0 Å². The van der Waals surface area contributed by atoms with Crippen LogP contribution < -0.4 is 10.1 Å². The molecule has 0 saturated carbocycles. The quantitative estimate of drug-likeness (QED) is 0.928. The van der Waals surface area contributed by atoms with Crippen molar-refractivity contribution in [1.82, 2.24) is 5.32 Å². The SMILES string of the molecule is COc1ccc(F)cc1C(C)NC(=O)c1ccccc1. The molecule has 0 aromatic heterocycles. The first-order chi connectivity index (χ1) is 9.61. The fourth-order valence-corrected chi connectivity index (χ4v) is 1.99. The molecule has 1 atom stereocenters. The lowest BCUT2D eigenvalue weighted by atomic mass is 10.1. The topological polar surface area (TPSA) is 38.3 Å². The predicted octanol–water partition coefficient (Wildman–Crippen LogP) is 3.33. The molecular weight excluding hydrogens is 257 g/mol. The molecule has 0 aliphatic rings. The van der Waals surface area contributed by atoms with Crippen LogP contribution in [-0.2, 0) is 0 Å². The number of halogens is 1. The summed E-state index contributed by atoms with van der Waals surface area (Å²) in [7, 11) is 1.52. The highest BCUT2D eigenvalue weighted by molar-refractivity contribution is 5.94. The lowest BCUT2D eigenvalue weighted by molar-refractivity contribution is 0.0939. The van der Waals surface area contributed by atoms with E-state index in [0.29, 0.717) is 16.9 Å². The number of hydrogen-bond acceptors (Lipinski definition) is 2. The molecule has 0 saturated heterocycles. The van der Waals surface area contributed by atoms with Gasteiger partial charge in [0.05, 0.1) is 13.2 Å². The second-order valence-corrected chi connectivity index (χ2v) is 4.45. The first-order valence-electron chi connectivity index (χ1n) is 6.31. The van der Waals surface area contributed by atoms with Crippen molar-refractivity contribution in [3.05, 3.63) is 65.5 Å². The van der Waals surface area contributed by atoms with Crippen LogP contribution in [0.4, 0.5) is 4.39 Å². The maximum Gasteiger partial charge on any atom is 0.251 e. The lowest BCUT2D eigenvalue weighted by Gasteiger charge is -2.17. The molecule has 104 valence electrons. The van der Waals surface area contributed by atoms with E-state index in [0.717, 1.165) is 0 Å². The van der Waals surface area contributed by atoms with Gasteiger partial charge in [-0.1, -0.05) is 18.2 Å². The average molecular weight is 273 g/mol. The van der Waals surface area contributed by atoms with Gasteiger partial charge in [0, 0.05) is 11.1 Å². The zero-order valence-corrected chi connectivity index (χ0v) is 11.4. The summed E-state index contributed by atoms with van der Waals surface area (Å²) in [6.07, 6.45) is 0. The number of nitrogens with one attached hydrogen (secondary N) is 1. The van der Waals surface area contributed by atoms with E-state index in [2.05, 4.69) is 5.32 Å². The number of amides is 1. The van der Waals surface area contributed by atoms with Gasteiger partial charge in [-0.2, -0.15) is 0 Å². The number of ether oxygens (including phenoxy) is 1. The number of carbonyl (C=O) groups is 1. The maximum atomic E-state index is 13.3. The molecule has 2 aromatic carbocycles. The normalized spacial score (nSPS) is 11.8. The largest absolute Gasteiger partial charge is 0.496 e. The molecular formula is C16H16FNO2. The minimum absolute atomic E-state index is 0.204. The van der Waals surface area contributed by atoms with Gasteiger partial charge >= 0.3 is 0 Å². The number of methoxy groups -OCH3 is 1. The Hall–Kier alpha value is -2.36. The van der Waals surface area contributed by atoms with E-state index in [1.54, 1.807) is 37.3 Å². The van der Waals surface area contributed by atoms with Gasteiger partial charge in [0.15, 0.2) is 0 Å². The second kappa shape index (κ2) is 6.19. The summed E-state index contributed by atoms with van der Waals surface area (Å²) in [5.41, 5.74) is 1.17. The third-order valence-electron chi connectivity index (χ3n) is 3.04. The molecule has 1 unspecified atom stereocenters. The Morgan fingerprint density at radius 1 is 1.20 bits per heavy atom. The molecule has 0 heterocycles. The monoisotopic (exact) mass is 273 g/mol. The van der Waals surface area contributed by atoms with Crippen LogP contribution in [0.5, 0.6) is 5.75 Å². The third kappa shape index (κ3) is 3.15. The third-order valence-corrected chi connectivity index (χ3v) is 3.04. The van der Waals surface area contributed by atoms with E-state index in [-0.39, 0.29) is 17.8 Å². The molecule has 0 bridgehead atoms. The summed E-state index contributed by atoms with van der Waals surface area (Å²) in [5.74, 6) is -0.0155. The molecule has 2 rings (SSSR count). The van der Waals surface area contributed by atoms with E-state index in [1.807, 2.05) is 6.07 Å². The molecule has 0 aliphatic carbocycles. The minimum Gasteiger partial charge on any atom is -0.496 e. The first kappa shape index (κ1) is 14.1. The molecule has 2 aromatic rings. The van der Waals surface area contributed by atoms with Gasteiger partial charge in [0.2, 0.25) is 0 Å². The standard InChI is InChI=1S/C16H16FNO2/c1-11(14-10-13(17)8-9-15(14)20-2)18-16(19)12-6-4-3-5-7-12/h3-11H,1-2H3,(H,18,19). The lowest BCUT2D eigenvalue weighted by Crippen LogP contribution is -2.26. The van der Waals surface area contributed by atoms with Crippen molar-refractivity contribution >= 4 is 5.91 Å². The number of rotatable bonds is 4. The van der Waals surface area contributed by atoms with Crippen LogP contribution in [0, 0.1) is 5.82 Å². The van der Waals surface area contributed by atoms with Crippen molar-refractivity contribution in [3.8, 4) is 5.75 Å². The van der Waals surface area contributed by atoms with E-state index in [9.17, 15) is 9.18 Å². The van der Waals surface area contributed by atoms with E-state index in [4.69, 9.17) is 4.74 Å². The van der Waals surface area contributed by atoms with Crippen molar-refractivity contribution in [3.63, 3.8) is 0 Å². The fourth-order valence-electron chi connectivity index (χ4n) is 1.99. The Labute approximate surface area is 117 Å². The molecule has 3 nitrogen and oxygen atoms in total. The van der Waals surface area contributed by atoms with E-state index >= 15 is 0 Å². The molecule has 0 aliphatic heterocycles. The summed E-state index contributed by atoms with van der Waals surface area (Å²) in [6, 6.07) is 12.8. The zero-order valence-electron chi connectivity index (χ0n) is 11.4. The highest BCUT2D eigenvalue weighted by Crippen LogP contribution is 2.25. The molecule has 20 heavy (non-hydrogen) atoms. The predicted molar refractivity (Wildman–Crippen MR) is 75.3 cm³/mol. The van der Waals surface area contributed by atoms with E-state index < -0.39 is 0 Å². The Kier molecular flexibility index (Phi) is 4.35. The molecule has 0 radical (unpaired) electrons. The van der Waals surface area contributed by atoms with Gasteiger partial charge in [-0.25, -0.2) is 4.39 Å². The van der Waals surface area contributed by atoms with Gasteiger partial charge in [0.25, 0.3) is 5.91 Å². The van der Waals surface area contributed by atoms with Crippen LogP contribution in [0.2, 0.25) is 0 Å². The van der Waals surface area contributed by atoms with Crippen LogP contribution in [0.25, 0.3) is 0 Å². The van der Waals surface area contributed by atoms with Crippen molar-refractivity contribution in [2.75, 3.05) is 7.11 Å². The molecule has 0 fully saturated rings. The summed E-state index contributed by atoms with van der Waals surface area (Å²) in [6.45, 7) is 1.79. The van der Waals surface area contributed by atoms with E-state index in [1.165, 1.54) is 19.2 Å². The zero-order chi connectivity index (χ0) is 14.5. The molecule has 1 N–H and O–H groups in total. The van der Waals surface area contributed by atoms with Crippen molar-refractivity contribution < 1.29 is 13.9 Å². The van der Waals surface area contributed by atoms with Crippen LogP contribution in [-0.4, -0.2) is 13.0 Å². The van der Waals surface area contributed by atoms with Gasteiger partial charge in [-0.05, 0) is 37.3 Å². The second-order valence-electron chi connectivity index (χ2n) is 4.45. The van der Waals surface area contributed by atoms with Gasteiger partial charge in [0.1, 0.15) is 11.6 Å². The molecule has 1 amide bonds. The van der Waals surface area contributed by atoms with Crippen molar-refractivity contribution in [2.45, 2.75) is 13.0 Å². The van der Waals surface area contributed by atoms with Crippen LogP contribution in [0.15, 0.2) is 48.5 Å². The Balaban J connectivity index is 2.18. The van der Waals surface area contributed by atoms with Crippen molar-refractivity contribution in [2.24, 2.45) is 0 Å². The number of benzene rings is 2. The van der Waals surface area contributed by atoms with Crippen LogP contribution in [0.1, 0.15) is 28.9 Å². The Morgan fingerprint density at radius 2 is 1.90 bits per heavy atom. The summed E-state index contributed by atoms with van der Waals surface area (Å²) in [5, 5.41) is 2.83. The van der Waals surface area contributed by atoms with Gasteiger partial charge in [-0.15, -0.1) is 0 Å².